The Morgan fingerprint density at radius 2 is 2.40 bits per heavy atom. The fraction of sp³-hybridized carbons (Fsp3) is 0.625. The largest absolute Gasteiger partial charge is 0.458 e. The average Bonchev–Trinajstić information content (AvgIpc) is 2.13. The number of ether oxygens (including phenoxy) is 1. The number of carbonyl (C=O) groups is 1. The van der Waals surface area contributed by atoms with E-state index in [2.05, 4.69) is 6.58 Å². The molecule has 0 aromatic heterocycles. The summed E-state index contributed by atoms with van der Waals surface area (Å²) >= 11 is 0. The Morgan fingerprint density at radius 1 is 1.60 bits per heavy atom. The first kappa shape index (κ1) is 7.32. The minimum absolute atomic E-state index is 0.0324. The van der Waals surface area contributed by atoms with Crippen LogP contribution in [0.15, 0.2) is 12.7 Å². The van der Waals surface area contributed by atoms with Crippen molar-refractivity contribution in [3.8, 4) is 0 Å². The van der Waals surface area contributed by atoms with E-state index in [0.717, 1.165) is 19.3 Å². The molecule has 0 amide bonds. The molecule has 0 aromatic carbocycles. The van der Waals surface area contributed by atoms with Crippen molar-refractivity contribution in [2.24, 2.45) is 0 Å². The number of rotatable bonds is 1. The van der Waals surface area contributed by atoms with Gasteiger partial charge in [0.1, 0.15) is 6.10 Å². The second-order valence-electron chi connectivity index (χ2n) is 2.51. The van der Waals surface area contributed by atoms with E-state index >= 15 is 0 Å². The summed E-state index contributed by atoms with van der Waals surface area (Å²) in [5.74, 6) is -0.0811. The lowest BCUT2D eigenvalue weighted by Crippen LogP contribution is -2.11. The van der Waals surface area contributed by atoms with Gasteiger partial charge in [0, 0.05) is 6.42 Å². The Kier molecular flexibility index (Phi) is 2.49. The van der Waals surface area contributed by atoms with Crippen LogP contribution in [0.5, 0.6) is 0 Å². The molecule has 0 saturated carbocycles. The standard InChI is InChI=1S/C8H12O2/c1-2-7-5-3-4-6-8(9)10-7/h2,7H,1,3-6H2/t7-/m1/s1. The predicted octanol–water partition coefficient (Wildman–Crippen LogP) is 1.66. The lowest BCUT2D eigenvalue weighted by Gasteiger charge is -2.07. The van der Waals surface area contributed by atoms with Crippen LogP contribution in [-0.2, 0) is 9.53 Å². The van der Waals surface area contributed by atoms with Crippen LogP contribution >= 0.6 is 0 Å². The zero-order chi connectivity index (χ0) is 7.40. The SMILES string of the molecule is C=C[C@@H]1CCCCC(=O)O1. The smallest absolute Gasteiger partial charge is 0.306 e. The quantitative estimate of drug-likeness (QED) is 0.409. The lowest BCUT2D eigenvalue weighted by molar-refractivity contribution is -0.145. The molecule has 1 saturated heterocycles. The van der Waals surface area contributed by atoms with Gasteiger partial charge in [0.05, 0.1) is 0 Å². The summed E-state index contributed by atoms with van der Waals surface area (Å²) < 4.78 is 5.00. The Balaban J connectivity index is 2.45. The fourth-order valence-electron chi connectivity index (χ4n) is 1.07. The number of hydrogen-bond donors (Lipinski definition) is 0. The third-order valence-electron chi connectivity index (χ3n) is 1.67. The molecule has 0 spiro atoms. The van der Waals surface area contributed by atoms with Crippen molar-refractivity contribution in [2.45, 2.75) is 31.8 Å². The van der Waals surface area contributed by atoms with Crippen molar-refractivity contribution in [3.05, 3.63) is 12.7 Å². The molecule has 1 heterocycles. The maximum absolute atomic E-state index is 10.8. The molecular formula is C8H12O2. The van der Waals surface area contributed by atoms with E-state index in [9.17, 15) is 4.79 Å². The van der Waals surface area contributed by atoms with Crippen LogP contribution in [0.3, 0.4) is 0 Å². The van der Waals surface area contributed by atoms with Gasteiger partial charge in [-0.2, -0.15) is 0 Å². The van der Waals surface area contributed by atoms with E-state index in [1.54, 1.807) is 6.08 Å². The highest BCUT2D eigenvalue weighted by atomic mass is 16.5. The average molecular weight is 140 g/mol. The van der Waals surface area contributed by atoms with Gasteiger partial charge < -0.3 is 4.74 Å². The van der Waals surface area contributed by atoms with Gasteiger partial charge in [-0.1, -0.05) is 12.7 Å². The van der Waals surface area contributed by atoms with Crippen molar-refractivity contribution in [3.63, 3.8) is 0 Å². The second kappa shape index (κ2) is 3.40. The maximum atomic E-state index is 10.8. The van der Waals surface area contributed by atoms with Gasteiger partial charge in [-0.25, -0.2) is 0 Å². The molecule has 1 fully saturated rings. The van der Waals surface area contributed by atoms with Crippen LogP contribution in [-0.4, -0.2) is 12.1 Å². The molecule has 0 aromatic rings. The van der Waals surface area contributed by atoms with E-state index < -0.39 is 0 Å². The summed E-state index contributed by atoms with van der Waals surface area (Å²) in [4.78, 5) is 10.8. The second-order valence-corrected chi connectivity index (χ2v) is 2.51. The van der Waals surface area contributed by atoms with Gasteiger partial charge in [0.15, 0.2) is 0 Å². The molecule has 0 radical (unpaired) electrons. The van der Waals surface area contributed by atoms with Crippen LogP contribution in [0, 0.1) is 0 Å². The third kappa shape index (κ3) is 1.87. The minimum Gasteiger partial charge on any atom is -0.458 e. The summed E-state index contributed by atoms with van der Waals surface area (Å²) in [7, 11) is 0. The highest BCUT2D eigenvalue weighted by molar-refractivity contribution is 5.69. The van der Waals surface area contributed by atoms with Gasteiger partial charge in [0.25, 0.3) is 0 Å². The summed E-state index contributed by atoms with van der Waals surface area (Å²) in [5.41, 5.74) is 0. The van der Waals surface area contributed by atoms with Crippen LogP contribution in [0.25, 0.3) is 0 Å². The van der Waals surface area contributed by atoms with Crippen LogP contribution in [0.2, 0.25) is 0 Å². The van der Waals surface area contributed by atoms with Gasteiger partial charge in [-0.3, -0.25) is 4.79 Å². The first-order chi connectivity index (χ1) is 4.83. The van der Waals surface area contributed by atoms with E-state index in [-0.39, 0.29) is 12.1 Å². The molecule has 0 N–H and O–H groups in total. The van der Waals surface area contributed by atoms with Gasteiger partial charge >= 0.3 is 5.97 Å². The van der Waals surface area contributed by atoms with Crippen molar-refractivity contribution < 1.29 is 9.53 Å². The van der Waals surface area contributed by atoms with Crippen molar-refractivity contribution >= 4 is 5.97 Å². The van der Waals surface area contributed by atoms with Crippen molar-refractivity contribution in [1.82, 2.24) is 0 Å². The molecule has 0 aliphatic carbocycles. The lowest BCUT2D eigenvalue weighted by atomic mass is 10.1. The number of esters is 1. The molecule has 56 valence electrons. The highest BCUT2D eigenvalue weighted by Gasteiger charge is 2.14. The van der Waals surface area contributed by atoms with Gasteiger partial charge in [-0.05, 0) is 19.3 Å². The summed E-state index contributed by atoms with van der Waals surface area (Å²) in [5, 5.41) is 0. The van der Waals surface area contributed by atoms with Crippen molar-refractivity contribution in [2.75, 3.05) is 0 Å². The molecule has 2 nitrogen and oxygen atoms in total. The number of cyclic esters (lactones) is 1. The normalized spacial score (nSPS) is 26.8. The minimum atomic E-state index is -0.0811. The Hall–Kier alpha value is -0.790. The Morgan fingerprint density at radius 3 is 3.10 bits per heavy atom. The molecule has 1 rings (SSSR count). The Bertz CT molecular complexity index is 140. The molecule has 2 heteroatoms. The zero-order valence-electron chi connectivity index (χ0n) is 6.01. The zero-order valence-corrected chi connectivity index (χ0v) is 6.01. The number of carbonyl (C=O) groups excluding carboxylic acids is 1. The summed E-state index contributed by atoms with van der Waals surface area (Å²) in [6, 6.07) is 0. The first-order valence-corrected chi connectivity index (χ1v) is 3.65. The third-order valence-corrected chi connectivity index (χ3v) is 1.67. The van der Waals surface area contributed by atoms with Crippen molar-refractivity contribution in [1.29, 1.82) is 0 Å². The van der Waals surface area contributed by atoms with Crippen LogP contribution < -0.4 is 0 Å². The highest BCUT2D eigenvalue weighted by Crippen LogP contribution is 2.14. The molecule has 1 aliphatic heterocycles. The fourth-order valence-corrected chi connectivity index (χ4v) is 1.07. The summed E-state index contributed by atoms with van der Waals surface area (Å²) in [6.45, 7) is 3.58. The van der Waals surface area contributed by atoms with Crippen LogP contribution in [0.4, 0.5) is 0 Å². The molecular weight excluding hydrogens is 128 g/mol. The molecule has 1 aliphatic rings. The first-order valence-electron chi connectivity index (χ1n) is 3.65. The summed E-state index contributed by atoms with van der Waals surface area (Å²) in [6.07, 6.45) is 5.21. The van der Waals surface area contributed by atoms with E-state index in [1.165, 1.54) is 0 Å². The van der Waals surface area contributed by atoms with Crippen LogP contribution in [0.1, 0.15) is 25.7 Å². The van der Waals surface area contributed by atoms with Gasteiger partial charge in [0.2, 0.25) is 0 Å². The number of hydrogen-bond acceptors (Lipinski definition) is 2. The van der Waals surface area contributed by atoms with E-state index in [4.69, 9.17) is 4.74 Å². The van der Waals surface area contributed by atoms with Gasteiger partial charge in [-0.15, -0.1) is 0 Å². The van der Waals surface area contributed by atoms with E-state index in [0.29, 0.717) is 6.42 Å². The molecule has 1 atom stereocenters. The Labute approximate surface area is 60.9 Å². The predicted molar refractivity (Wildman–Crippen MR) is 38.5 cm³/mol. The maximum Gasteiger partial charge on any atom is 0.306 e. The molecule has 0 bridgehead atoms. The molecule has 10 heavy (non-hydrogen) atoms. The molecule has 0 unspecified atom stereocenters. The van der Waals surface area contributed by atoms with E-state index in [1.807, 2.05) is 0 Å². The topological polar surface area (TPSA) is 26.3 Å². The monoisotopic (exact) mass is 140 g/mol.